The average Bonchev–Trinajstić information content (AvgIpc) is 2.92. The number of rotatable bonds is 6. The van der Waals surface area contributed by atoms with E-state index < -0.39 is 0 Å². The van der Waals surface area contributed by atoms with Gasteiger partial charge in [-0.15, -0.1) is 0 Å². The van der Waals surface area contributed by atoms with Gasteiger partial charge < -0.3 is 14.8 Å². The molecule has 2 rings (SSSR count). The van der Waals surface area contributed by atoms with E-state index in [-0.39, 0.29) is 6.03 Å². The molecule has 0 aliphatic heterocycles. The van der Waals surface area contributed by atoms with Crippen LogP contribution in [0, 0.1) is 0 Å². The molecule has 0 unspecified atom stereocenters. The van der Waals surface area contributed by atoms with Crippen molar-refractivity contribution in [2.24, 2.45) is 0 Å². The van der Waals surface area contributed by atoms with Gasteiger partial charge in [-0.05, 0) is 12.1 Å². The first-order valence-electron chi connectivity index (χ1n) is 6.45. The van der Waals surface area contributed by atoms with Crippen molar-refractivity contribution in [3.63, 3.8) is 0 Å². The van der Waals surface area contributed by atoms with Crippen LogP contribution in [-0.4, -0.2) is 36.6 Å². The molecule has 0 aliphatic carbocycles. The topological polar surface area (TPSA) is 77.4 Å². The van der Waals surface area contributed by atoms with Gasteiger partial charge >= 0.3 is 6.03 Å². The first kappa shape index (κ1) is 14.9. The normalized spacial score (nSPS) is 10.2. The maximum Gasteiger partial charge on any atom is 0.324 e. The summed E-state index contributed by atoms with van der Waals surface area (Å²) in [6, 6.07) is 8.48. The second kappa shape index (κ2) is 7.30. The van der Waals surface area contributed by atoms with E-state index in [1.54, 1.807) is 55.4 Å². The van der Waals surface area contributed by atoms with Crippen LogP contribution in [0.4, 0.5) is 16.3 Å². The molecular formula is C14H18N4O3. The van der Waals surface area contributed by atoms with Crippen molar-refractivity contribution in [2.45, 2.75) is 6.54 Å². The monoisotopic (exact) mass is 290 g/mol. The maximum absolute atomic E-state index is 11.9. The van der Waals surface area contributed by atoms with Crippen LogP contribution in [0.15, 0.2) is 36.5 Å². The second-order valence-electron chi connectivity index (χ2n) is 4.27. The van der Waals surface area contributed by atoms with Crippen molar-refractivity contribution in [3.8, 4) is 5.75 Å². The fourth-order valence-corrected chi connectivity index (χ4v) is 1.72. The number of nitrogens with zero attached hydrogens (tertiary/aromatic N) is 2. The van der Waals surface area contributed by atoms with E-state index in [4.69, 9.17) is 9.47 Å². The zero-order valence-corrected chi connectivity index (χ0v) is 12.0. The Labute approximate surface area is 122 Å². The number of carbonyl (C=O) groups is 1. The number of amides is 2. The Balaban J connectivity index is 1.90. The van der Waals surface area contributed by atoms with Gasteiger partial charge in [0.25, 0.3) is 0 Å². The SMILES string of the molecule is COCCn1ccc(NC(=O)Nc2cccc(OC)c2)n1. The van der Waals surface area contributed by atoms with Gasteiger partial charge in [0.05, 0.1) is 20.3 Å². The Morgan fingerprint density at radius 1 is 1.29 bits per heavy atom. The summed E-state index contributed by atoms with van der Waals surface area (Å²) >= 11 is 0. The minimum atomic E-state index is -0.361. The molecule has 0 fully saturated rings. The number of ether oxygens (including phenoxy) is 2. The number of aromatic nitrogens is 2. The predicted molar refractivity (Wildman–Crippen MR) is 79.7 cm³/mol. The zero-order valence-electron chi connectivity index (χ0n) is 12.0. The van der Waals surface area contributed by atoms with Crippen LogP contribution in [0.2, 0.25) is 0 Å². The molecule has 0 bridgehead atoms. The molecular weight excluding hydrogens is 272 g/mol. The third kappa shape index (κ3) is 4.50. The van der Waals surface area contributed by atoms with Crippen molar-refractivity contribution in [2.75, 3.05) is 31.5 Å². The standard InChI is InChI=1S/C14H18N4O3/c1-20-9-8-18-7-6-13(17-18)16-14(19)15-11-4-3-5-12(10-11)21-2/h3-7,10H,8-9H2,1-2H3,(H2,15,16,17,19). The molecule has 2 aromatic rings. The highest BCUT2D eigenvalue weighted by atomic mass is 16.5. The minimum absolute atomic E-state index is 0.361. The number of anilines is 2. The fourth-order valence-electron chi connectivity index (χ4n) is 1.72. The molecule has 0 aliphatic rings. The smallest absolute Gasteiger partial charge is 0.324 e. The molecule has 7 nitrogen and oxygen atoms in total. The van der Waals surface area contributed by atoms with Crippen molar-refractivity contribution >= 4 is 17.5 Å². The van der Waals surface area contributed by atoms with Crippen LogP contribution in [0.5, 0.6) is 5.75 Å². The first-order chi connectivity index (χ1) is 10.2. The molecule has 2 amide bonds. The van der Waals surface area contributed by atoms with Crippen LogP contribution in [0.25, 0.3) is 0 Å². The number of urea groups is 1. The number of hydrogen-bond acceptors (Lipinski definition) is 4. The molecule has 1 heterocycles. The lowest BCUT2D eigenvalue weighted by atomic mass is 10.3. The molecule has 1 aromatic carbocycles. The van der Waals surface area contributed by atoms with E-state index in [2.05, 4.69) is 15.7 Å². The van der Waals surface area contributed by atoms with E-state index in [1.165, 1.54) is 0 Å². The van der Waals surface area contributed by atoms with Gasteiger partial charge in [0.2, 0.25) is 0 Å². The lowest BCUT2D eigenvalue weighted by Gasteiger charge is -2.07. The molecule has 0 saturated carbocycles. The third-order valence-corrected chi connectivity index (χ3v) is 2.73. The fraction of sp³-hybridized carbons (Fsp3) is 0.286. The molecule has 0 radical (unpaired) electrons. The Hall–Kier alpha value is -2.54. The van der Waals surface area contributed by atoms with Gasteiger partial charge in [0.15, 0.2) is 5.82 Å². The highest BCUT2D eigenvalue weighted by molar-refractivity contribution is 5.99. The van der Waals surface area contributed by atoms with Crippen molar-refractivity contribution < 1.29 is 14.3 Å². The summed E-state index contributed by atoms with van der Waals surface area (Å²) in [7, 11) is 3.20. The lowest BCUT2D eigenvalue weighted by molar-refractivity contribution is 0.183. The highest BCUT2D eigenvalue weighted by Crippen LogP contribution is 2.16. The third-order valence-electron chi connectivity index (χ3n) is 2.73. The van der Waals surface area contributed by atoms with Crippen molar-refractivity contribution in [1.82, 2.24) is 9.78 Å². The van der Waals surface area contributed by atoms with E-state index in [0.29, 0.717) is 30.4 Å². The maximum atomic E-state index is 11.9. The molecule has 7 heteroatoms. The summed E-state index contributed by atoms with van der Waals surface area (Å²) in [6.45, 7) is 1.20. The Morgan fingerprint density at radius 3 is 2.90 bits per heavy atom. The number of benzene rings is 1. The second-order valence-corrected chi connectivity index (χ2v) is 4.27. The van der Waals surface area contributed by atoms with E-state index in [9.17, 15) is 4.79 Å². The number of methoxy groups -OCH3 is 2. The first-order valence-corrected chi connectivity index (χ1v) is 6.45. The van der Waals surface area contributed by atoms with Gasteiger partial charge in [-0.25, -0.2) is 4.79 Å². The summed E-state index contributed by atoms with van der Waals surface area (Å²) in [5.74, 6) is 1.16. The van der Waals surface area contributed by atoms with E-state index in [1.807, 2.05) is 0 Å². The Kier molecular flexibility index (Phi) is 5.16. The molecule has 21 heavy (non-hydrogen) atoms. The molecule has 112 valence electrons. The summed E-state index contributed by atoms with van der Waals surface area (Å²) < 4.78 is 11.8. The van der Waals surface area contributed by atoms with Crippen LogP contribution in [0.3, 0.4) is 0 Å². The van der Waals surface area contributed by atoms with E-state index >= 15 is 0 Å². The van der Waals surface area contributed by atoms with Crippen LogP contribution >= 0.6 is 0 Å². The van der Waals surface area contributed by atoms with Crippen LogP contribution in [-0.2, 0) is 11.3 Å². The van der Waals surface area contributed by atoms with Gasteiger partial charge in [0, 0.05) is 31.1 Å². The largest absolute Gasteiger partial charge is 0.497 e. The average molecular weight is 290 g/mol. The summed E-state index contributed by atoms with van der Waals surface area (Å²) in [5.41, 5.74) is 0.644. The molecule has 0 spiro atoms. The summed E-state index contributed by atoms with van der Waals surface area (Å²) in [4.78, 5) is 11.9. The van der Waals surface area contributed by atoms with Gasteiger partial charge in [-0.1, -0.05) is 6.07 Å². The number of carbonyl (C=O) groups excluding carboxylic acids is 1. The Bertz CT molecular complexity index is 597. The lowest BCUT2D eigenvalue weighted by Crippen LogP contribution is -2.20. The summed E-state index contributed by atoms with van der Waals surface area (Å²) in [5, 5.41) is 9.58. The van der Waals surface area contributed by atoms with E-state index in [0.717, 1.165) is 0 Å². The van der Waals surface area contributed by atoms with Crippen molar-refractivity contribution in [3.05, 3.63) is 36.5 Å². The van der Waals surface area contributed by atoms with Crippen LogP contribution < -0.4 is 15.4 Å². The summed E-state index contributed by atoms with van der Waals surface area (Å²) in [6.07, 6.45) is 1.78. The van der Waals surface area contributed by atoms with Gasteiger partial charge in [-0.3, -0.25) is 10.00 Å². The highest BCUT2D eigenvalue weighted by Gasteiger charge is 2.06. The number of hydrogen-bond donors (Lipinski definition) is 2. The molecule has 0 atom stereocenters. The quantitative estimate of drug-likeness (QED) is 0.855. The molecule has 0 saturated heterocycles. The Morgan fingerprint density at radius 2 is 2.14 bits per heavy atom. The van der Waals surface area contributed by atoms with Gasteiger partial charge in [-0.2, -0.15) is 5.10 Å². The molecule has 1 aromatic heterocycles. The predicted octanol–water partition coefficient (Wildman–Crippen LogP) is 2.18. The number of nitrogens with one attached hydrogen (secondary N) is 2. The van der Waals surface area contributed by atoms with Gasteiger partial charge in [0.1, 0.15) is 5.75 Å². The minimum Gasteiger partial charge on any atom is -0.497 e. The molecule has 2 N–H and O–H groups in total. The van der Waals surface area contributed by atoms with Crippen LogP contribution in [0.1, 0.15) is 0 Å². The zero-order chi connectivity index (χ0) is 15.1. The van der Waals surface area contributed by atoms with Crippen molar-refractivity contribution in [1.29, 1.82) is 0 Å².